The van der Waals surface area contributed by atoms with Gasteiger partial charge in [-0.25, -0.2) is 0 Å². The molecular formula is C19H29NO3. The molecule has 0 radical (unpaired) electrons. The summed E-state index contributed by atoms with van der Waals surface area (Å²) < 4.78 is 4.78. The number of benzene rings is 1. The first kappa shape index (κ1) is 19.2. The minimum atomic E-state index is -0.320. The third-order valence-corrected chi connectivity index (χ3v) is 3.93. The second-order valence-electron chi connectivity index (χ2n) is 6.11. The van der Waals surface area contributed by atoms with E-state index in [1.807, 2.05) is 31.2 Å². The van der Waals surface area contributed by atoms with Crippen LogP contribution in [0.15, 0.2) is 24.3 Å². The highest BCUT2D eigenvalue weighted by molar-refractivity contribution is 5.94. The number of esters is 1. The van der Waals surface area contributed by atoms with Gasteiger partial charge in [-0.15, -0.1) is 0 Å². The van der Waals surface area contributed by atoms with E-state index in [1.165, 1.54) is 13.5 Å². The monoisotopic (exact) mass is 319 g/mol. The van der Waals surface area contributed by atoms with E-state index in [4.69, 9.17) is 4.74 Å². The Bertz CT molecular complexity index is 513. The molecule has 1 amide bonds. The van der Waals surface area contributed by atoms with Crippen LogP contribution in [-0.2, 0) is 9.53 Å². The number of nitrogens with zero attached hydrogens (tertiary/aromatic N) is 1. The van der Waals surface area contributed by atoms with Crippen LogP contribution < -0.4 is 0 Å². The van der Waals surface area contributed by atoms with Crippen molar-refractivity contribution in [2.45, 2.75) is 46.5 Å². The molecule has 0 saturated heterocycles. The van der Waals surface area contributed by atoms with Crippen molar-refractivity contribution in [2.24, 2.45) is 5.92 Å². The number of amides is 1. The fraction of sp³-hybridized carbons (Fsp3) is 0.579. The number of ether oxygens (including phenoxy) is 1. The zero-order valence-corrected chi connectivity index (χ0v) is 14.8. The molecule has 0 spiro atoms. The van der Waals surface area contributed by atoms with Crippen LogP contribution in [0.3, 0.4) is 0 Å². The molecule has 0 aromatic heterocycles. The SMILES string of the molecule is CCCCCCN(CC(C)C(=O)OC)C(=O)c1cccc(C)c1. The van der Waals surface area contributed by atoms with Gasteiger partial charge in [0.05, 0.1) is 13.0 Å². The maximum atomic E-state index is 12.8. The normalized spacial score (nSPS) is 11.8. The molecule has 1 rings (SSSR count). The number of hydrogen-bond donors (Lipinski definition) is 0. The third-order valence-electron chi connectivity index (χ3n) is 3.93. The van der Waals surface area contributed by atoms with Gasteiger partial charge in [-0.05, 0) is 25.5 Å². The lowest BCUT2D eigenvalue weighted by Gasteiger charge is -2.25. The van der Waals surface area contributed by atoms with Gasteiger partial charge in [0.15, 0.2) is 0 Å². The summed E-state index contributed by atoms with van der Waals surface area (Å²) in [5.74, 6) is -0.610. The molecule has 4 heteroatoms. The van der Waals surface area contributed by atoms with Crippen LogP contribution in [0.4, 0.5) is 0 Å². The number of unbranched alkanes of at least 4 members (excludes halogenated alkanes) is 3. The van der Waals surface area contributed by atoms with Gasteiger partial charge in [-0.2, -0.15) is 0 Å². The molecule has 0 aliphatic rings. The molecule has 1 atom stereocenters. The van der Waals surface area contributed by atoms with E-state index in [0.29, 0.717) is 18.7 Å². The van der Waals surface area contributed by atoms with Crippen LogP contribution in [0.5, 0.6) is 0 Å². The summed E-state index contributed by atoms with van der Waals surface area (Å²) in [6.07, 6.45) is 4.38. The Morgan fingerprint density at radius 2 is 1.96 bits per heavy atom. The van der Waals surface area contributed by atoms with Crippen LogP contribution in [0, 0.1) is 12.8 Å². The summed E-state index contributed by atoms with van der Waals surface area (Å²) in [6.45, 7) is 7.00. The van der Waals surface area contributed by atoms with Gasteiger partial charge in [-0.3, -0.25) is 9.59 Å². The van der Waals surface area contributed by atoms with E-state index in [1.54, 1.807) is 11.8 Å². The number of carbonyl (C=O) groups is 2. The van der Waals surface area contributed by atoms with Crippen molar-refractivity contribution in [2.75, 3.05) is 20.2 Å². The highest BCUT2D eigenvalue weighted by Gasteiger charge is 2.22. The lowest BCUT2D eigenvalue weighted by molar-refractivity contribution is -0.145. The predicted molar refractivity (Wildman–Crippen MR) is 92.4 cm³/mol. The van der Waals surface area contributed by atoms with Gasteiger partial charge >= 0.3 is 5.97 Å². The van der Waals surface area contributed by atoms with Crippen molar-refractivity contribution in [3.63, 3.8) is 0 Å². The summed E-state index contributed by atoms with van der Waals surface area (Å²) in [4.78, 5) is 26.2. The van der Waals surface area contributed by atoms with E-state index < -0.39 is 0 Å². The minimum Gasteiger partial charge on any atom is -0.469 e. The van der Waals surface area contributed by atoms with Gasteiger partial charge < -0.3 is 9.64 Å². The van der Waals surface area contributed by atoms with Gasteiger partial charge in [0.2, 0.25) is 0 Å². The molecule has 0 saturated carbocycles. The first-order chi connectivity index (χ1) is 11.0. The highest BCUT2D eigenvalue weighted by Crippen LogP contribution is 2.12. The number of aryl methyl sites for hydroxylation is 1. The van der Waals surface area contributed by atoms with Gasteiger partial charge in [0.25, 0.3) is 5.91 Å². The predicted octanol–water partition coefficient (Wildman–Crippen LogP) is 3.83. The fourth-order valence-corrected chi connectivity index (χ4v) is 2.57. The van der Waals surface area contributed by atoms with Crippen LogP contribution in [0.25, 0.3) is 0 Å². The van der Waals surface area contributed by atoms with Gasteiger partial charge in [0, 0.05) is 18.7 Å². The molecule has 0 aliphatic carbocycles. The Hall–Kier alpha value is -1.84. The van der Waals surface area contributed by atoms with E-state index in [9.17, 15) is 9.59 Å². The summed E-state index contributed by atoms with van der Waals surface area (Å²) in [7, 11) is 1.38. The first-order valence-electron chi connectivity index (χ1n) is 8.43. The quantitative estimate of drug-likeness (QED) is 0.513. The van der Waals surface area contributed by atoms with Crippen molar-refractivity contribution in [3.8, 4) is 0 Å². The minimum absolute atomic E-state index is 0.0130. The molecule has 0 heterocycles. The topological polar surface area (TPSA) is 46.6 Å². The molecule has 128 valence electrons. The Kier molecular flexibility index (Phi) is 8.38. The van der Waals surface area contributed by atoms with Crippen LogP contribution in [-0.4, -0.2) is 37.0 Å². The largest absolute Gasteiger partial charge is 0.469 e. The van der Waals surface area contributed by atoms with Crippen molar-refractivity contribution in [1.29, 1.82) is 0 Å². The Morgan fingerprint density at radius 1 is 1.22 bits per heavy atom. The highest BCUT2D eigenvalue weighted by atomic mass is 16.5. The Morgan fingerprint density at radius 3 is 2.57 bits per heavy atom. The maximum Gasteiger partial charge on any atom is 0.310 e. The standard InChI is InChI=1S/C19H29NO3/c1-5-6-7-8-12-20(14-16(3)19(22)23-4)18(21)17-11-9-10-15(2)13-17/h9-11,13,16H,5-8,12,14H2,1-4H3. The summed E-state index contributed by atoms with van der Waals surface area (Å²) in [6, 6.07) is 7.59. The second kappa shape index (κ2) is 10.0. The molecule has 0 N–H and O–H groups in total. The number of methoxy groups -OCH3 is 1. The van der Waals surface area contributed by atoms with E-state index >= 15 is 0 Å². The van der Waals surface area contributed by atoms with Crippen LogP contribution in [0.1, 0.15) is 55.5 Å². The zero-order chi connectivity index (χ0) is 17.2. The van der Waals surface area contributed by atoms with Gasteiger partial charge in [0.1, 0.15) is 0 Å². The summed E-state index contributed by atoms with van der Waals surface area (Å²) in [5, 5.41) is 0. The molecule has 1 unspecified atom stereocenters. The molecule has 1 aromatic carbocycles. The molecule has 0 fully saturated rings. The summed E-state index contributed by atoms with van der Waals surface area (Å²) >= 11 is 0. The van der Waals surface area contributed by atoms with Crippen LogP contribution in [0.2, 0.25) is 0 Å². The van der Waals surface area contributed by atoms with Crippen molar-refractivity contribution < 1.29 is 14.3 Å². The first-order valence-corrected chi connectivity index (χ1v) is 8.43. The fourth-order valence-electron chi connectivity index (χ4n) is 2.57. The summed E-state index contributed by atoms with van der Waals surface area (Å²) in [5.41, 5.74) is 1.74. The van der Waals surface area contributed by atoms with E-state index in [2.05, 4.69) is 6.92 Å². The van der Waals surface area contributed by atoms with Crippen molar-refractivity contribution in [3.05, 3.63) is 35.4 Å². The number of hydrogen-bond acceptors (Lipinski definition) is 3. The zero-order valence-electron chi connectivity index (χ0n) is 14.8. The van der Waals surface area contributed by atoms with Crippen molar-refractivity contribution in [1.82, 2.24) is 4.90 Å². The molecular weight excluding hydrogens is 290 g/mol. The number of carbonyl (C=O) groups excluding carboxylic acids is 2. The van der Waals surface area contributed by atoms with Crippen LogP contribution >= 0.6 is 0 Å². The average Bonchev–Trinajstić information content (AvgIpc) is 2.56. The third kappa shape index (κ3) is 6.43. The second-order valence-corrected chi connectivity index (χ2v) is 6.11. The Balaban J connectivity index is 2.80. The lowest BCUT2D eigenvalue weighted by Crippen LogP contribution is -2.38. The lowest BCUT2D eigenvalue weighted by atomic mass is 10.1. The molecule has 23 heavy (non-hydrogen) atoms. The molecule has 1 aromatic rings. The van der Waals surface area contributed by atoms with E-state index in [0.717, 1.165) is 24.8 Å². The number of rotatable bonds is 9. The molecule has 0 bridgehead atoms. The molecule has 4 nitrogen and oxygen atoms in total. The Labute approximate surface area is 139 Å². The maximum absolute atomic E-state index is 12.8. The van der Waals surface area contributed by atoms with Gasteiger partial charge in [-0.1, -0.05) is 50.8 Å². The van der Waals surface area contributed by atoms with E-state index in [-0.39, 0.29) is 17.8 Å². The molecule has 0 aliphatic heterocycles. The average molecular weight is 319 g/mol. The smallest absolute Gasteiger partial charge is 0.310 e. The van der Waals surface area contributed by atoms with Crippen molar-refractivity contribution >= 4 is 11.9 Å².